The molecule has 5 nitrogen and oxygen atoms in total. The fourth-order valence-corrected chi connectivity index (χ4v) is 3.86. The zero-order valence-electron chi connectivity index (χ0n) is 10.3. The predicted octanol–water partition coefficient (Wildman–Crippen LogP) is 2.20. The number of benzene rings is 1. The summed E-state index contributed by atoms with van der Waals surface area (Å²) in [4.78, 5) is 10.2. The minimum absolute atomic E-state index is 0.175. The van der Waals surface area contributed by atoms with Crippen LogP contribution in [-0.4, -0.2) is 19.5 Å². The van der Waals surface area contributed by atoms with Crippen molar-refractivity contribution in [3.8, 4) is 0 Å². The zero-order chi connectivity index (χ0) is 15.6. The van der Waals surface area contributed by atoms with Gasteiger partial charge in [-0.05, 0) is 29.6 Å². The Morgan fingerprint density at radius 2 is 2.00 bits per heavy atom. The molecule has 2 rings (SSSR count). The van der Waals surface area contributed by atoms with Crippen LogP contribution in [0, 0.1) is 11.6 Å². The van der Waals surface area contributed by atoms with Crippen molar-refractivity contribution >= 4 is 27.3 Å². The first-order chi connectivity index (χ1) is 9.81. The van der Waals surface area contributed by atoms with Crippen LogP contribution in [0.3, 0.4) is 0 Å². The van der Waals surface area contributed by atoms with Crippen molar-refractivity contribution < 1.29 is 27.1 Å². The molecule has 0 bridgehead atoms. The Morgan fingerprint density at radius 3 is 2.67 bits per heavy atom. The third-order valence-corrected chi connectivity index (χ3v) is 5.05. The van der Waals surface area contributed by atoms with Crippen LogP contribution < -0.4 is 4.72 Å². The molecule has 0 aliphatic rings. The number of hydrogen-bond donors (Lipinski definition) is 2. The molecule has 2 aromatic rings. The van der Waals surface area contributed by atoms with Crippen molar-refractivity contribution in [2.45, 2.75) is 11.4 Å². The molecule has 0 radical (unpaired) electrons. The molecule has 1 aromatic heterocycles. The summed E-state index contributed by atoms with van der Waals surface area (Å²) in [6, 6.07) is 3.79. The largest absolute Gasteiger partial charge is 0.477 e. The summed E-state index contributed by atoms with van der Waals surface area (Å²) in [6.45, 7) is -0.485. The zero-order valence-corrected chi connectivity index (χ0v) is 12.0. The molecule has 0 atom stereocenters. The van der Waals surface area contributed by atoms with Gasteiger partial charge < -0.3 is 5.11 Å². The standard InChI is InChI=1S/C12H9F2NO4S2/c13-8-1-2-9(14)7(5-8)6-15-21(18,19)10-3-4-20-11(10)12(16)17/h1-5,15H,6H2,(H,16,17). The number of sulfonamides is 1. The van der Waals surface area contributed by atoms with Gasteiger partial charge in [-0.1, -0.05) is 0 Å². The van der Waals surface area contributed by atoms with Gasteiger partial charge in [-0.15, -0.1) is 11.3 Å². The van der Waals surface area contributed by atoms with Gasteiger partial charge in [0, 0.05) is 12.1 Å². The average Bonchev–Trinajstić information content (AvgIpc) is 2.90. The molecule has 0 saturated heterocycles. The molecule has 0 spiro atoms. The summed E-state index contributed by atoms with van der Waals surface area (Å²) < 4.78 is 52.4. The number of nitrogens with one attached hydrogen (secondary N) is 1. The fourth-order valence-electron chi connectivity index (χ4n) is 1.59. The van der Waals surface area contributed by atoms with Crippen LogP contribution in [0.25, 0.3) is 0 Å². The second kappa shape index (κ2) is 5.88. The molecule has 2 N–H and O–H groups in total. The normalized spacial score (nSPS) is 11.5. The van der Waals surface area contributed by atoms with E-state index in [0.717, 1.165) is 35.6 Å². The predicted molar refractivity (Wildman–Crippen MR) is 71.7 cm³/mol. The Hall–Kier alpha value is -1.84. The third-order valence-electron chi connectivity index (χ3n) is 2.57. The first-order valence-electron chi connectivity index (χ1n) is 5.55. The van der Waals surface area contributed by atoms with E-state index in [1.165, 1.54) is 5.38 Å². The van der Waals surface area contributed by atoms with E-state index in [9.17, 15) is 22.0 Å². The molecule has 21 heavy (non-hydrogen) atoms. The highest BCUT2D eigenvalue weighted by Gasteiger charge is 2.23. The molecule has 9 heteroatoms. The van der Waals surface area contributed by atoms with E-state index < -0.39 is 39.1 Å². The third kappa shape index (κ3) is 3.43. The monoisotopic (exact) mass is 333 g/mol. The highest BCUT2D eigenvalue weighted by Crippen LogP contribution is 2.22. The molecule has 112 valence electrons. The van der Waals surface area contributed by atoms with Crippen molar-refractivity contribution in [2.75, 3.05) is 0 Å². The van der Waals surface area contributed by atoms with Crippen molar-refractivity contribution in [2.24, 2.45) is 0 Å². The molecule has 1 heterocycles. The van der Waals surface area contributed by atoms with Gasteiger partial charge in [0.2, 0.25) is 10.0 Å². The van der Waals surface area contributed by atoms with Crippen LogP contribution in [0.4, 0.5) is 8.78 Å². The lowest BCUT2D eigenvalue weighted by Crippen LogP contribution is -2.24. The number of carboxylic acid groups (broad SMARTS) is 1. The second-order valence-electron chi connectivity index (χ2n) is 3.98. The molecule has 0 aliphatic heterocycles. The van der Waals surface area contributed by atoms with Gasteiger partial charge >= 0.3 is 5.97 Å². The Balaban J connectivity index is 2.24. The molecule has 0 aliphatic carbocycles. The summed E-state index contributed by atoms with van der Waals surface area (Å²) in [7, 11) is -4.13. The molecular formula is C12H9F2NO4S2. The number of hydrogen-bond acceptors (Lipinski definition) is 4. The van der Waals surface area contributed by atoms with E-state index >= 15 is 0 Å². The van der Waals surface area contributed by atoms with Crippen LogP contribution in [0.5, 0.6) is 0 Å². The van der Waals surface area contributed by atoms with Crippen LogP contribution in [-0.2, 0) is 16.6 Å². The molecule has 0 saturated carbocycles. The topological polar surface area (TPSA) is 83.5 Å². The van der Waals surface area contributed by atoms with Gasteiger partial charge in [0.25, 0.3) is 0 Å². The highest BCUT2D eigenvalue weighted by atomic mass is 32.2. The molecule has 0 unspecified atom stereocenters. The number of aromatic carboxylic acids is 1. The van der Waals surface area contributed by atoms with E-state index in [0.29, 0.717) is 0 Å². The van der Waals surface area contributed by atoms with Crippen molar-refractivity contribution in [3.05, 3.63) is 51.7 Å². The maximum Gasteiger partial charge on any atom is 0.347 e. The van der Waals surface area contributed by atoms with Gasteiger partial charge in [-0.3, -0.25) is 0 Å². The van der Waals surface area contributed by atoms with E-state index in [2.05, 4.69) is 0 Å². The molecule has 0 fully saturated rings. The lowest BCUT2D eigenvalue weighted by Gasteiger charge is -2.07. The van der Waals surface area contributed by atoms with Crippen LogP contribution in [0.2, 0.25) is 0 Å². The van der Waals surface area contributed by atoms with Crippen molar-refractivity contribution in [1.29, 1.82) is 0 Å². The number of carboxylic acids is 1. The Kier molecular flexibility index (Phi) is 4.35. The molecule has 1 aromatic carbocycles. The van der Waals surface area contributed by atoms with E-state index in [-0.39, 0.29) is 10.4 Å². The average molecular weight is 333 g/mol. The van der Waals surface area contributed by atoms with Gasteiger partial charge in [0.05, 0.1) is 0 Å². The second-order valence-corrected chi connectivity index (χ2v) is 6.63. The van der Waals surface area contributed by atoms with E-state index in [4.69, 9.17) is 5.11 Å². The highest BCUT2D eigenvalue weighted by molar-refractivity contribution is 7.89. The molecule has 0 amide bonds. The Bertz CT molecular complexity index is 786. The minimum atomic E-state index is -4.13. The summed E-state index contributed by atoms with van der Waals surface area (Å²) in [5.74, 6) is -2.84. The van der Waals surface area contributed by atoms with Crippen molar-refractivity contribution in [1.82, 2.24) is 4.72 Å². The van der Waals surface area contributed by atoms with Crippen LogP contribution in [0.1, 0.15) is 15.2 Å². The quantitative estimate of drug-likeness (QED) is 0.879. The summed E-state index contributed by atoms with van der Waals surface area (Å²) in [6.07, 6.45) is 0. The first kappa shape index (κ1) is 15.5. The lowest BCUT2D eigenvalue weighted by atomic mass is 10.2. The van der Waals surface area contributed by atoms with E-state index in [1.54, 1.807) is 0 Å². The number of halogens is 2. The lowest BCUT2D eigenvalue weighted by molar-refractivity contribution is 0.0698. The summed E-state index contributed by atoms with van der Waals surface area (Å²) in [5.41, 5.74) is -0.175. The fraction of sp³-hybridized carbons (Fsp3) is 0.0833. The van der Waals surface area contributed by atoms with Crippen LogP contribution >= 0.6 is 11.3 Å². The maximum absolute atomic E-state index is 13.4. The van der Waals surface area contributed by atoms with E-state index in [1.807, 2.05) is 4.72 Å². The minimum Gasteiger partial charge on any atom is -0.477 e. The number of rotatable bonds is 5. The Morgan fingerprint density at radius 1 is 1.29 bits per heavy atom. The summed E-state index contributed by atoms with van der Waals surface area (Å²) >= 11 is 0.759. The van der Waals surface area contributed by atoms with Gasteiger partial charge in [0.1, 0.15) is 21.4 Å². The Labute approximate surface area is 122 Å². The van der Waals surface area contributed by atoms with Crippen molar-refractivity contribution in [3.63, 3.8) is 0 Å². The maximum atomic E-state index is 13.4. The van der Waals surface area contributed by atoms with Gasteiger partial charge in [-0.2, -0.15) is 0 Å². The number of carbonyl (C=O) groups is 1. The van der Waals surface area contributed by atoms with Gasteiger partial charge in [-0.25, -0.2) is 26.7 Å². The SMILES string of the molecule is O=C(O)c1sccc1S(=O)(=O)NCc1cc(F)ccc1F. The smallest absolute Gasteiger partial charge is 0.347 e. The van der Waals surface area contributed by atoms with Crippen LogP contribution in [0.15, 0.2) is 34.5 Å². The number of thiophene rings is 1. The van der Waals surface area contributed by atoms with Gasteiger partial charge in [0.15, 0.2) is 0 Å². The summed E-state index contributed by atoms with van der Waals surface area (Å²) in [5, 5.41) is 10.2. The molecular weight excluding hydrogens is 324 g/mol. The first-order valence-corrected chi connectivity index (χ1v) is 7.92.